The lowest BCUT2D eigenvalue weighted by Crippen LogP contribution is -2.12. The molecule has 0 aliphatic heterocycles. The third kappa shape index (κ3) is 3.26. The van der Waals surface area contributed by atoms with Crippen LogP contribution in [0.4, 0.5) is 5.69 Å². The van der Waals surface area contributed by atoms with Gasteiger partial charge in [0.25, 0.3) is 5.91 Å². The second-order valence-corrected chi connectivity index (χ2v) is 7.05. The highest BCUT2D eigenvalue weighted by molar-refractivity contribution is 6.05. The SMILES string of the molecule is COc1ccc(C(=O)Nc2ccc3c(=O)c4ccc(C)c(C)c4oc3c2)cc1OC. The first-order valence-corrected chi connectivity index (χ1v) is 9.43. The Bertz CT molecular complexity index is 1350. The summed E-state index contributed by atoms with van der Waals surface area (Å²) in [5.41, 5.74) is 3.80. The van der Waals surface area contributed by atoms with Crippen LogP contribution >= 0.6 is 0 Å². The van der Waals surface area contributed by atoms with Gasteiger partial charge in [0.1, 0.15) is 11.2 Å². The molecule has 6 heteroatoms. The van der Waals surface area contributed by atoms with Crippen LogP contribution in [0, 0.1) is 13.8 Å². The van der Waals surface area contributed by atoms with Crippen molar-refractivity contribution in [3.8, 4) is 11.5 Å². The fourth-order valence-electron chi connectivity index (χ4n) is 3.41. The van der Waals surface area contributed by atoms with Crippen LogP contribution in [0.3, 0.4) is 0 Å². The quantitative estimate of drug-likeness (QED) is 0.494. The molecule has 0 radical (unpaired) electrons. The molecule has 30 heavy (non-hydrogen) atoms. The second-order valence-electron chi connectivity index (χ2n) is 7.05. The van der Waals surface area contributed by atoms with Gasteiger partial charge in [0.15, 0.2) is 11.5 Å². The Morgan fingerprint density at radius 2 is 1.63 bits per heavy atom. The highest BCUT2D eigenvalue weighted by Crippen LogP contribution is 2.29. The standard InChI is InChI=1S/C24H21NO5/c1-13-5-8-18-22(26)17-9-7-16(12-20(17)30-23(18)14(13)2)25-24(27)15-6-10-19(28-3)21(11-15)29-4/h5-12H,1-4H3,(H,25,27). The van der Waals surface area contributed by atoms with Gasteiger partial charge in [-0.3, -0.25) is 9.59 Å². The lowest BCUT2D eigenvalue weighted by Gasteiger charge is -2.11. The molecule has 0 aliphatic rings. The average Bonchev–Trinajstić information content (AvgIpc) is 2.76. The Balaban J connectivity index is 1.73. The van der Waals surface area contributed by atoms with Crippen molar-refractivity contribution in [3.63, 3.8) is 0 Å². The fourth-order valence-corrected chi connectivity index (χ4v) is 3.41. The van der Waals surface area contributed by atoms with Gasteiger partial charge in [0.2, 0.25) is 5.43 Å². The molecule has 1 aromatic heterocycles. The lowest BCUT2D eigenvalue weighted by molar-refractivity contribution is 0.102. The molecule has 1 N–H and O–H groups in total. The second kappa shape index (κ2) is 7.55. The summed E-state index contributed by atoms with van der Waals surface area (Å²) in [4.78, 5) is 25.6. The number of fused-ring (bicyclic) bond motifs is 2. The summed E-state index contributed by atoms with van der Waals surface area (Å²) in [6, 6.07) is 13.6. The number of methoxy groups -OCH3 is 2. The molecule has 152 valence electrons. The number of benzene rings is 3. The maximum absolute atomic E-state index is 12.9. The minimum absolute atomic E-state index is 0.0906. The van der Waals surface area contributed by atoms with E-state index < -0.39 is 0 Å². The molecule has 4 aromatic rings. The monoisotopic (exact) mass is 403 g/mol. The van der Waals surface area contributed by atoms with Crippen LogP contribution in [-0.2, 0) is 0 Å². The third-order valence-electron chi connectivity index (χ3n) is 5.26. The normalized spacial score (nSPS) is 10.9. The Morgan fingerprint density at radius 1 is 0.900 bits per heavy atom. The Labute approximate surface area is 173 Å². The number of rotatable bonds is 4. The minimum Gasteiger partial charge on any atom is -0.493 e. The summed E-state index contributed by atoms with van der Waals surface area (Å²) in [6.45, 7) is 3.90. The molecule has 0 spiro atoms. The molecular formula is C24H21NO5. The van der Waals surface area contributed by atoms with E-state index in [1.807, 2.05) is 19.9 Å². The van der Waals surface area contributed by atoms with E-state index in [2.05, 4.69) is 5.32 Å². The predicted molar refractivity (Wildman–Crippen MR) is 117 cm³/mol. The molecule has 3 aromatic carbocycles. The van der Waals surface area contributed by atoms with E-state index >= 15 is 0 Å². The van der Waals surface area contributed by atoms with Gasteiger partial charge in [-0.2, -0.15) is 0 Å². The van der Waals surface area contributed by atoms with Gasteiger partial charge in [-0.05, 0) is 61.4 Å². The van der Waals surface area contributed by atoms with Crippen molar-refractivity contribution in [1.82, 2.24) is 0 Å². The van der Waals surface area contributed by atoms with Crippen molar-refractivity contribution in [3.05, 3.63) is 75.4 Å². The average molecular weight is 403 g/mol. The largest absolute Gasteiger partial charge is 0.493 e. The van der Waals surface area contributed by atoms with E-state index in [-0.39, 0.29) is 11.3 Å². The van der Waals surface area contributed by atoms with Crippen LogP contribution in [0.2, 0.25) is 0 Å². The molecular weight excluding hydrogens is 382 g/mol. The summed E-state index contributed by atoms with van der Waals surface area (Å²) >= 11 is 0. The van der Waals surface area contributed by atoms with E-state index in [0.29, 0.717) is 44.7 Å². The van der Waals surface area contributed by atoms with Crippen molar-refractivity contribution < 1.29 is 18.7 Å². The van der Waals surface area contributed by atoms with Crippen LogP contribution in [0.25, 0.3) is 21.9 Å². The zero-order chi connectivity index (χ0) is 21.4. The first kappa shape index (κ1) is 19.5. The maximum atomic E-state index is 12.9. The van der Waals surface area contributed by atoms with Gasteiger partial charge in [0.05, 0.1) is 25.0 Å². The van der Waals surface area contributed by atoms with Gasteiger partial charge in [-0.25, -0.2) is 0 Å². The van der Waals surface area contributed by atoms with Crippen LogP contribution in [0.1, 0.15) is 21.5 Å². The highest BCUT2D eigenvalue weighted by Gasteiger charge is 2.14. The van der Waals surface area contributed by atoms with Gasteiger partial charge in [-0.1, -0.05) is 6.07 Å². The Morgan fingerprint density at radius 3 is 2.37 bits per heavy atom. The van der Waals surface area contributed by atoms with Crippen molar-refractivity contribution in [2.24, 2.45) is 0 Å². The van der Waals surface area contributed by atoms with Crippen LogP contribution in [0.15, 0.2) is 57.7 Å². The van der Waals surface area contributed by atoms with Crippen molar-refractivity contribution >= 4 is 33.5 Å². The molecule has 1 heterocycles. The van der Waals surface area contributed by atoms with Crippen molar-refractivity contribution in [1.29, 1.82) is 0 Å². The molecule has 0 fully saturated rings. The number of anilines is 1. The Kier molecular flexibility index (Phi) is 4.91. The van der Waals surface area contributed by atoms with E-state index in [9.17, 15) is 9.59 Å². The summed E-state index contributed by atoms with van der Waals surface area (Å²) in [5, 5.41) is 3.85. The van der Waals surface area contributed by atoms with E-state index in [1.54, 1.807) is 42.5 Å². The number of aryl methyl sites for hydroxylation is 2. The van der Waals surface area contributed by atoms with Crippen molar-refractivity contribution in [2.75, 3.05) is 19.5 Å². The fraction of sp³-hybridized carbons (Fsp3) is 0.167. The molecule has 4 rings (SSSR count). The Hall–Kier alpha value is -3.80. The molecule has 6 nitrogen and oxygen atoms in total. The molecule has 0 aliphatic carbocycles. The zero-order valence-electron chi connectivity index (χ0n) is 17.2. The first-order valence-electron chi connectivity index (χ1n) is 9.43. The molecule has 0 bridgehead atoms. The molecule has 0 saturated heterocycles. The van der Waals surface area contributed by atoms with Crippen LogP contribution in [0.5, 0.6) is 11.5 Å². The van der Waals surface area contributed by atoms with Gasteiger partial charge in [0, 0.05) is 17.3 Å². The summed E-state index contributed by atoms with van der Waals surface area (Å²) in [6.07, 6.45) is 0. The summed E-state index contributed by atoms with van der Waals surface area (Å²) < 4.78 is 16.5. The first-order chi connectivity index (χ1) is 14.4. The number of carbonyl (C=O) groups is 1. The summed E-state index contributed by atoms with van der Waals surface area (Å²) in [5.74, 6) is 0.691. The summed E-state index contributed by atoms with van der Waals surface area (Å²) in [7, 11) is 3.05. The van der Waals surface area contributed by atoms with Gasteiger partial charge < -0.3 is 19.2 Å². The number of hydrogen-bond acceptors (Lipinski definition) is 5. The van der Waals surface area contributed by atoms with Gasteiger partial charge in [-0.15, -0.1) is 0 Å². The van der Waals surface area contributed by atoms with E-state index in [0.717, 1.165) is 11.1 Å². The number of amides is 1. The zero-order valence-corrected chi connectivity index (χ0v) is 17.2. The van der Waals surface area contributed by atoms with E-state index in [1.165, 1.54) is 14.2 Å². The number of ether oxygens (including phenoxy) is 2. The molecule has 0 atom stereocenters. The number of carbonyl (C=O) groups excluding carboxylic acids is 1. The van der Waals surface area contributed by atoms with Crippen molar-refractivity contribution in [2.45, 2.75) is 13.8 Å². The topological polar surface area (TPSA) is 77.8 Å². The maximum Gasteiger partial charge on any atom is 0.255 e. The van der Waals surface area contributed by atoms with E-state index in [4.69, 9.17) is 13.9 Å². The minimum atomic E-state index is -0.314. The predicted octanol–water partition coefficient (Wildman–Crippen LogP) is 4.83. The smallest absolute Gasteiger partial charge is 0.255 e. The molecule has 1 amide bonds. The molecule has 0 unspecified atom stereocenters. The van der Waals surface area contributed by atoms with Gasteiger partial charge >= 0.3 is 0 Å². The highest BCUT2D eigenvalue weighted by atomic mass is 16.5. The van der Waals surface area contributed by atoms with Crippen LogP contribution < -0.4 is 20.2 Å². The number of nitrogens with one attached hydrogen (secondary N) is 1. The molecule has 0 saturated carbocycles. The third-order valence-corrected chi connectivity index (χ3v) is 5.26. The number of hydrogen-bond donors (Lipinski definition) is 1. The van der Waals surface area contributed by atoms with Crippen LogP contribution in [-0.4, -0.2) is 20.1 Å². The lowest BCUT2D eigenvalue weighted by atomic mass is 10.0.